The fourth-order valence-electron chi connectivity index (χ4n) is 6.44. The second-order valence-corrected chi connectivity index (χ2v) is 10.7. The van der Waals surface area contributed by atoms with Crippen LogP contribution in [0.2, 0.25) is 0 Å². The quantitative estimate of drug-likeness (QED) is 0.583. The number of esters is 2. The summed E-state index contributed by atoms with van der Waals surface area (Å²) in [6.07, 6.45) is 3.43. The van der Waals surface area contributed by atoms with Crippen LogP contribution in [0.4, 0.5) is 0 Å². The van der Waals surface area contributed by atoms with E-state index in [4.69, 9.17) is 9.47 Å². The lowest BCUT2D eigenvalue weighted by atomic mass is 9.34. The van der Waals surface area contributed by atoms with E-state index in [9.17, 15) is 19.2 Å². The predicted molar refractivity (Wildman–Crippen MR) is 115 cm³/mol. The molecule has 1 atom stereocenters. The van der Waals surface area contributed by atoms with Crippen LogP contribution in [0.1, 0.15) is 55.9 Å². The molecule has 1 aromatic rings. The van der Waals surface area contributed by atoms with E-state index >= 15 is 0 Å². The number of amides is 2. The van der Waals surface area contributed by atoms with Crippen molar-refractivity contribution in [1.82, 2.24) is 19.4 Å². The highest BCUT2D eigenvalue weighted by molar-refractivity contribution is 7.03. The van der Waals surface area contributed by atoms with E-state index in [0.29, 0.717) is 63.9 Å². The first kappa shape index (κ1) is 22.2. The monoisotopic (exact) mass is 476 g/mol. The number of hydrogen-bond acceptors (Lipinski definition) is 9. The lowest BCUT2D eigenvalue weighted by Crippen LogP contribution is -2.71. The standard InChI is InChI=1S/C22H28N4O6S/c1-3-32-17(28)15-8-20(4-6-25(7-5-20)16(27)14-9-33-24-23-14)13-26(15)18(29)21-10-22(11-21,12-21)19(30)31-2/h9,15H,3-8,10-13H2,1-2H3. The van der Waals surface area contributed by atoms with E-state index in [1.807, 2.05) is 0 Å². The molecular formula is C22H28N4O6S. The zero-order valence-corrected chi connectivity index (χ0v) is 19.7. The van der Waals surface area contributed by atoms with Crippen LogP contribution in [-0.2, 0) is 23.9 Å². The molecule has 5 fully saturated rings. The Morgan fingerprint density at radius 1 is 1.15 bits per heavy atom. The number of nitrogens with zero attached hydrogens (tertiary/aromatic N) is 4. The zero-order chi connectivity index (χ0) is 23.4. The van der Waals surface area contributed by atoms with Crippen molar-refractivity contribution in [2.45, 2.75) is 51.5 Å². The van der Waals surface area contributed by atoms with Gasteiger partial charge in [-0.2, -0.15) is 0 Å². The first-order valence-corrected chi connectivity index (χ1v) is 12.2. The molecule has 5 aliphatic rings. The second-order valence-electron chi connectivity index (χ2n) is 10.1. The van der Waals surface area contributed by atoms with Gasteiger partial charge in [-0.1, -0.05) is 4.49 Å². The van der Waals surface area contributed by atoms with Gasteiger partial charge >= 0.3 is 11.9 Å². The third-order valence-electron chi connectivity index (χ3n) is 8.12. The molecule has 2 bridgehead atoms. The SMILES string of the molecule is CCOC(=O)C1CC2(CCN(C(=O)c3csnn3)CC2)CN1C(=O)C12CC(C(=O)OC)(C1)C2. The van der Waals surface area contributed by atoms with Gasteiger partial charge in [-0.3, -0.25) is 14.4 Å². The van der Waals surface area contributed by atoms with Gasteiger partial charge in [0.05, 0.1) is 24.5 Å². The third kappa shape index (κ3) is 3.34. The van der Waals surface area contributed by atoms with Gasteiger partial charge in [-0.25, -0.2) is 4.79 Å². The predicted octanol–water partition coefficient (Wildman–Crippen LogP) is 1.27. The van der Waals surface area contributed by atoms with Crippen molar-refractivity contribution in [3.8, 4) is 0 Å². The van der Waals surface area contributed by atoms with Crippen molar-refractivity contribution < 1.29 is 28.7 Å². The number of methoxy groups -OCH3 is 1. The molecule has 3 aliphatic carbocycles. The molecule has 3 saturated carbocycles. The van der Waals surface area contributed by atoms with E-state index in [2.05, 4.69) is 9.59 Å². The Labute approximate surface area is 195 Å². The fraction of sp³-hybridized carbons (Fsp3) is 0.727. The first-order chi connectivity index (χ1) is 15.8. The van der Waals surface area contributed by atoms with Crippen LogP contribution >= 0.6 is 11.5 Å². The molecule has 2 amide bonds. The number of piperidine rings is 1. The van der Waals surface area contributed by atoms with Crippen molar-refractivity contribution in [1.29, 1.82) is 0 Å². The van der Waals surface area contributed by atoms with Crippen LogP contribution in [0.5, 0.6) is 0 Å². The van der Waals surface area contributed by atoms with Gasteiger partial charge in [0.15, 0.2) is 5.69 Å². The minimum Gasteiger partial charge on any atom is -0.469 e. The Morgan fingerprint density at radius 2 is 1.85 bits per heavy atom. The van der Waals surface area contributed by atoms with Crippen LogP contribution in [0.15, 0.2) is 5.38 Å². The highest BCUT2D eigenvalue weighted by Gasteiger charge is 2.76. The Balaban J connectivity index is 1.29. The molecule has 0 aromatic carbocycles. The van der Waals surface area contributed by atoms with Crippen molar-refractivity contribution in [3.63, 3.8) is 0 Å². The number of likely N-dealkylation sites (tertiary alicyclic amines) is 2. The summed E-state index contributed by atoms with van der Waals surface area (Å²) in [6, 6.07) is -0.620. The molecule has 11 heteroatoms. The average molecular weight is 477 g/mol. The van der Waals surface area contributed by atoms with E-state index < -0.39 is 16.9 Å². The Morgan fingerprint density at radius 3 is 2.42 bits per heavy atom. The van der Waals surface area contributed by atoms with Crippen molar-refractivity contribution in [3.05, 3.63) is 11.1 Å². The molecule has 10 nitrogen and oxygen atoms in total. The van der Waals surface area contributed by atoms with Gasteiger partial charge < -0.3 is 19.3 Å². The number of carbonyl (C=O) groups excluding carboxylic acids is 4. The highest BCUT2D eigenvalue weighted by Crippen LogP contribution is 2.74. The summed E-state index contributed by atoms with van der Waals surface area (Å²) in [5, 5.41) is 5.52. The lowest BCUT2D eigenvalue weighted by Gasteiger charge is -2.67. The fourth-order valence-corrected chi connectivity index (χ4v) is 6.87. The number of aromatic nitrogens is 2. The van der Waals surface area contributed by atoms with Crippen LogP contribution in [0.25, 0.3) is 0 Å². The molecule has 0 radical (unpaired) electrons. The lowest BCUT2D eigenvalue weighted by molar-refractivity contribution is -0.229. The number of rotatable bonds is 5. The molecule has 1 spiro atoms. The molecule has 6 rings (SSSR count). The number of ether oxygens (including phenoxy) is 2. The van der Waals surface area contributed by atoms with Gasteiger partial charge in [0.25, 0.3) is 5.91 Å². The molecular weight excluding hydrogens is 448 g/mol. The Hall–Kier alpha value is -2.56. The molecule has 2 aliphatic heterocycles. The van der Waals surface area contributed by atoms with Gasteiger partial charge in [0, 0.05) is 25.0 Å². The average Bonchev–Trinajstić information content (AvgIpc) is 3.41. The summed E-state index contributed by atoms with van der Waals surface area (Å²) < 4.78 is 14.0. The first-order valence-electron chi connectivity index (χ1n) is 11.4. The minimum absolute atomic E-state index is 0.0461. The third-order valence-corrected chi connectivity index (χ3v) is 8.63. The second kappa shape index (κ2) is 7.75. The van der Waals surface area contributed by atoms with E-state index in [1.165, 1.54) is 7.11 Å². The van der Waals surface area contributed by atoms with E-state index in [1.54, 1.807) is 22.1 Å². The van der Waals surface area contributed by atoms with Gasteiger partial charge in [-0.15, -0.1) is 5.10 Å². The molecule has 0 N–H and O–H groups in total. The van der Waals surface area contributed by atoms with Gasteiger partial charge in [-0.05, 0) is 62.4 Å². The van der Waals surface area contributed by atoms with E-state index in [0.717, 1.165) is 11.5 Å². The van der Waals surface area contributed by atoms with Crippen LogP contribution in [-0.4, -0.2) is 82.5 Å². The molecule has 1 unspecified atom stereocenters. The summed E-state index contributed by atoms with van der Waals surface area (Å²) in [7, 11) is 1.38. The van der Waals surface area contributed by atoms with E-state index in [-0.39, 0.29) is 35.8 Å². The summed E-state index contributed by atoms with van der Waals surface area (Å²) in [6.45, 7) is 3.58. The maximum absolute atomic E-state index is 13.6. The van der Waals surface area contributed by atoms with Crippen LogP contribution in [0.3, 0.4) is 0 Å². The van der Waals surface area contributed by atoms with Crippen molar-refractivity contribution >= 4 is 35.3 Å². The number of carbonyl (C=O) groups is 4. The molecule has 178 valence electrons. The zero-order valence-electron chi connectivity index (χ0n) is 18.9. The van der Waals surface area contributed by atoms with Crippen LogP contribution in [0, 0.1) is 16.2 Å². The smallest absolute Gasteiger partial charge is 0.328 e. The summed E-state index contributed by atoms with van der Waals surface area (Å²) in [5.41, 5.74) is -0.948. The Kier molecular flexibility index (Phi) is 5.22. The normalized spacial score (nSPS) is 31.5. The maximum atomic E-state index is 13.6. The van der Waals surface area contributed by atoms with Crippen LogP contribution < -0.4 is 0 Å². The van der Waals surface area contributed by atoms with Crippen molar-refractivity contribution in [2.75, 3.05) is 33.4 Å². The largest absolute Gasteiger partial charge is 0.469 e. The summed E-state index contributed by atoms with van der Waals surface area (Å²) in [5.74, 6) is -0.794. The van der Waals surface area contributed by atoms with Gasteiger partial charge in [0.1, 0.15) is 6.04 Å². The molecule has 3 heterocycles. The summed E-state index contributed by atoms with van der Waals surface area (Å²) >= 11 is 1.15. The molecule has 33 heavy (non-hydrogen) atoms. The van der Waals surface area contributed by atoms with Gasteiger partial charge in [0.2, 0.25) is 5.91 Å². The maximum Gasteiger partial charge on any atom is 0.328 e. The summed E-state index contributed by atoms with van der Waals surface area (Å²) in [4.78, 5) is 54.6. The highest BCUT2D eigenvalue weighted by atomic mass is 32.1. The minimum atomic E-state index is -0.620. The molecule has 2 saturated heterocycles. The topological polar surface area (TPSA) is 119 Å². The number of hydrogen-bond donors (Lipinski definition) is 0. The van der Waals surface area contributed by atoms with Crippen molar-refractivity contribution in [2.24, 2.45) is 16.2 Å². The Bertz CT molecular complexity index is 967. The molecule has 1 aromatic heterocycles.